The van der Waals surface area contributed by atoms with Crippen molar-refractivity contribution in [2.75, 3.05) is 0 Å². The van der Waals surface area contributed by atoms with Crippen LogP contribution in [-0.4, -0.2) is 64.0 Å². The molecular weight excluding hydrogens is 827 g/mol. The summed E-state index contributed by atoms with van der Waals surface area (Å²) in [6, 6.07) is 18.1. The molecule has 1 aliphatic heterocycles. The van der Waals surface area contributed by atoms with Crippen LogP contribution in [-0.2, 0) is 18.3 Å². The summed E-state index contributed by atoms with van der Waals surface area (Å²) in [5, 5.41) is 82.7. The molecule has 9 N–H and O–H groups in total. The van der Waals surface area contributed by atoms with E-state index in [-0.39, 0.29) is 68.9 Å². The molecule has 0 saturated heterocycles. The Morgan fingerprint density at radius 3 is 2.45 bits per heavy atom. The van der Waals surface area contributed by atoms with Gasteiger partial charge in [0.2, 0.25) is 0 Å². The Morgan fingerprint density at radius 1 is 0.788 bits per heavy atom. The van der Waals surface area contributed by atoms with Crippen LogP contribution in [0.2, 0.25) is 0 Å². The van der Waals surface area contributed by atoms with Gasteiger partial charge in [-0.2, -0.15) is 0 Å². The number of fused-ring (bicyclic) bond motifs is 5. The summed E-state index contributed by atoms with van der Waals surface area (Å²) in [6.07, 6.45) is 27.0. The SMILES string of the molecule is Oc1ccc(/C=C/c2c(CCc3ccc([C@H]4N[C@H]5[C@@H](C[C@@H]6CCC[C@@]67CC[C@]68CCC[C@@H]6C=C[C@@H](O)[C@@H]8[C@]57c5cnc[nH]5)C5=C4C=C[C@@H](O)C5)cc3)c(O)c(O)c3c(O)cccc23)cc1O. The minimum atomic E-state index is -0.571. The van der Waals surface area contributed by atoms with E-state index in [1.54, 1.807) is 30.4 Å². The standard InChI is InChI=1S/C56H59N3O7/c60-36-16-19-39-41(28-36)42-27-35-5-3-23-55(35)25-24-54-22-2-4-34(54)15-21-45(63)52(54)56(55,47-29-57-30-58-47)53(42)59-49(39)33-13-8-31(9-14-33)10-18-40-37(17-11-32-12-20-43(61)46(64)26-32)38-6-1-7-44(62)48(38)51(66)50(40)65/h1,6-9,11-17,19-21,26,29-30,34-36,42,45,49,52-53,59-66H,2-5,10,18,22-25,27-28H2,(H,57,58)/b17-11+/t34-,35+,36-,42+,45-,49-,52+,53+,54-,55-,56-/m1/s1. The van der Waals surface area contributed by atoms with E-state index >= 15 is 0 Å². The van der Waals surface area contributed by atoms with Gasteiger partial charge in [-0.3, -0.25) is 0 Å². The maximum absolute atomic E-state index is 12.6. The molecule has 340 valence electrons. The monoisotopic (exact) mass is 885 g/mol. The number of phenolic OH excluding ortho intramolecular Hbond substituents is 5. The van der Waals surface area contributed by atoms with Crippen LogP contribution >= 0.6 is 0 Å². The topological polar surface area (TPSA) is 182 Å². The first kappa shape index (κ1) is 41.6. The Hall–Kier alpha value is -5.81. The lowest BCUT2D eigenvalue weighted by Gasteiger charge is -2.73. The molecule has 2 heterocycles. The van der Waals surface area contributed by atoms with E-state index in [1.807, 2.05) is 12.4 Å². The number of nitrogens with one attached hydrogen (secondary N) is 2. The number of imidazole rings is 1. The van der Waals surface area contributed by atoms with Crippen molar-refractivity contribution in [2.45, 2.75) is 107 Å². The van der Waals surface area contributed by atoms with Crippen molar-refractivity contribution in [2.24, 2.45) is 34.5 Å². The lowest BCUT2D eigenvalue weighted by molar-refractivity contribution is -0.191. The van der Waals surface area contributed by atoms with E-state index in [0.29, 0.717) is 53.2 Å². The third-order valence-corrected chi connectivity index (χ3v) is 18.3. The average Bonchev–Trinajstić information content (AvgIpc) is 4.11. The van der Waals surface area contributed by atoms with Gasteiger partial charge >= 0.3 is 0 Å². The predicted octanol–water partition coefficient (Wildman–Crippen LogP) is 9.55. The molecule has 2 spiro atoms. The highest BCUT2D eigenvalue weighted by Gasteiger charge is 2.77. The largest absolute Gasteiger partial charge is 0.507 e. The number of allylic oxidation sites excluding steroid dienone is 1. The maximum atomic E-state index is 12.6. The zero-order chi connectivity index (χ0) is 45.1. The number of aliphatic hydroxyl groups excluding tert-OH is 2. The fourth-order valence-corrected chi connectivity index (χ4v) is 15.9. The lowest BCUT2D eigenvalue weighted by Crippen LogP contribution is -2.76. The molecule has 0 unspecified atom stereocenters. The molecule has 1 aromatic heterocycles. The van der Waals surface area contributed by atoms with Gasteiger partial charge in [0.15, 0.2) is 23.0 Å². The number of aromatic nitrogens is 2. The van der Waals surface area contributed by atoms with Crippen LogP contribution in [0, 0.1) is 34.5 Å². The molecule has 10 nitrogen and oxygen atoms in total. The Kier molecular flexibility index (Phi) is 9.69. The van der Waals surface area contributed by atoms with Gasteiger partial charge in [0.1, 0.15) is 5.75 Å². The van der Waals surface area contributed by atoms with Crippen LogP contribution in [0.3, 0.4) is 0 Å². The first-order chi connectivity index (χ1) is 32.0. The van der Waals surface area contributed by atoms with Crippen molar-refractivity contribution < 1.29 is 35.7 Å². The molecule has 7 aliphatic rings. The van der Waals surface area contributed by atoms with E-state index in [0.717, 1.165) is 43.2 Å². The number of aryl methyl sites for hydroxylation is 1. The number of benzene rings is 4. The van der Waals surface area contributed by atoms with Crippen molar-refractivity contribution in [1.29, 1.82) is 0 Å². The summed E-state index contributed by atoms with van der Waals surface area (Å²) >= 11 is 0. The average molecular weight is 886 g/mol. The van der Waals surface area contributed by atoms with Gasteiger partial charge in [-0.25, -0.2) is 4.98 Å². The number of nitrogens with zero attached hydrogens (tertiary/aromatic N) is 1. The summed E-state index contributed by atoms with van der Waals surface area (Å²) in [5.74, 6) is -0.123. The molecule has 0 bridgehead atoms. The van der Waals surface area contributed by atoms with E-state index in [4.69, 9.17) is 4.98 Å². The zero-order valence-electron chi connectivity index (χ0n) is 37.1. The second-order valence-electron chi connectivity index (χ2n) is 20.8. The van der Waals surface area contributed by atoms with Crippen LogP contribution in [0.1, 0.15) is 104 Å². The summed E-state index contributed by atoms with van der Waals surface area (Å²) in [5.41, 5.74) is 7.29. The van der Waals surface area contributed by atoms with Crippen molar-refractivity contribution >= 4 is 22.9 Å². The van der Waals surface area contributed by atoms with E-state index in [1.165, 1.54) is 60.7 Å². The Bertz CT molecular complexity index is 2870. The second kappa shape index (κ2) is 15.4. The molecular formula is C56H59N3O7. The van der Waals surface area contributed by atoms with Crippen molar-refractivity contribution in [3.63, 3.8) is 0 Å². The Balaban J connectivity index is 0.925. The number of phenols is 5. The normalized spacial score (nSPS) is 34.2. The first-order valence-corrected chi connectivity index (χ1v) is 24.2. The Labute approximate surface area is 384 Å². The van der Waals surface area contributed by atoms with Crippen LogP contribution in [0.15, 0.2) is 109 Å². The van der Waals surface area contributed by atoms with Crippen molar-refractivity contribution in [3.8, 4) is 28.7 Å². The number of aromatic amines is 1. The smallest absolute Gasteiger partial charge is 0.169 e. The van der Waals surface area contributed by atoms with Crippen LogP contribution in [0.5, 0.6) is 28.7 Å². The van der Waals surface area contributed by atoms with Crippen LogP contribution < -0.4 is 5.32 Å². The van der Waals surface area contributed by atoms with Gasteiger partial charge in [0.05, 0.1) is 30.0 Å². The molecule has 0 radical (unpaired) electrons. The summed E-state index contributed by atoms with van der Waals surface area (Å²) in [7, 11) is 0. The highest BCUT2D eigenvalue weighted by atomic mass is 16.3. The summed E-state index contributed by atoms with van der Waals surface area (Å²) in [6.45, 7) is 0. The quantitative estimate of drug-likeness (QED) is 0.0437. The fourth-order valence-electron chi connectivity index (χ4n) is 15.9. The van der Waals surface area contributed by atoms with Gasteiger partial charge in [-0.1, -0.05) is 97.3 Å². The fraction of sp³-hybridized carbons (Fsp3) is 0.411. The Morgan fingerprint density at radius 2 is 1.64 bits per heavy atom. The predicted molar refractivity (Wildman–Crippen MR) is 254 cm³/mol. The molecule has 5 aromatic rings. The molecule has 4 fully saturated rings. The van der Waals surface area contributed by atoms with E-state index < -0.39 is 17.6 Å². The highest BCUT2D eigenvalue weighted by molar-refractivity contribution is 6.03. The molecule has 0 amide bonds. The molecule has 11 atom stereocenters. The lowest BCUT2D eigenvalue weighted by atomic mass is 9.32. The third-order valence-electron chi connectivity index (χ3n) is 18.3. The van der Waals surface area contributed by atoms with Crippen LogP contribution in [0.4, 0.5) is 0 Å². The van der Waals surface area contributed by atoms with Gasteiger partial charge < -0.3 is 46.0 Å². The van der Waals surface area contributed by atoms with Crippen molar-refractivity contribution in [1.82, 2.24) is 15.3 Å². The van der Waals surface area contributed by atoms with E-state index in [2.05, 4.69) is 59.0 Å². The van der Waals surface area contributed by atoms with E-state index in [9.17, 15) is 35.7 Å². The molecule has 10 heteroatoms. The van der Waals surface area contributed by atoms with Crippen molar-refractivity contribution in [3.05, 3.63) is 142 Å². The maximum Gasteiger partial charge on any atom is 0.169 e. The third kappa shape index (κ3) is 5.86. The summed E-state index contributed by atoms with van der Waals surface area (Å²) in [4.78, 5) is 8.50. The van der Waals surface area contributed by atoms with Gasteiger partial charge in [-0.15, -0.1) is 0 Å². The molecule has 4 aromatic carbocycles. The minimum absolute atomic E-state index is 0.000115. The number of H-pyrrole nitrogens is 1. The number of aliphatic hydroxyl groups is 2. The molecule has 6 aliphatic carbocycles. The number of rotatable bonds is 7. The second-order valence-corrected chi connectivity index (χ2v) is 20.8. The summed E-state index contributed by atoms with van der Waals surface area (Å²) < 4.78 is 0. The van der Waals surface area contributed by atoms with Gasteiger partial charge in [0, 0.05) is 34.8 Å². The van der Waals surface area contributed by atoms with Crippen LogP contribution in [0.25, 0.3) is 22.9 Å². The van der Waals surface area contributed by atoms with Gasteiger partial charge in [-0.05, 0) is 144 Å². The highest BCUT2D eigenvalue weighted by Crippen LogP contribution is 2.78. The molecule has 4 saturated carbocycles. The number of hydrogen-bond acceptors (Lipinski definition) is 9. The molecule has 66 heavy (non-hydrogen) atoms. The minimum Gasteiger partial charge on any atom is -0.507 e. The number of hydrogen-bond donors (Lipinski definition) is 9. The molecule has 12 rings (SSSR count). The zero-order valence-corrected chi connectivity index (χ0v) is 37.1. The first-order valence-electron chi connectivity index (χ1n) is 24.2. The van der Waals surface area contributed by atoms with Gasteiger partial charge in [0.25, 0.3) is 0 Å². The number of aromatic hydroxyl groups is 5.